The van der Waals surface area contributed by atoms with Gasteiger partial charge in [0.15, 0.2) is 0 Å². The molecule has 2 rings (SSSR count). The van der Waals surface area contributed by atoms with Crippen molar-refractivity contribution in [1.29, 1.82) is 0 Å². The summed E-state index contributed by atoms with van der Waals surface area (Å²) in [6.07, 6.45) is 2.40. The maximum Gasteiger partial charge on any atom is 0.276 e. The standard InChI is InChI=1S/C14H16N2O2S2/c1-3-12-4-6-13(7-5-12)20(17,18)16-15-10-14-11(2)8-9-19-14/h4-10,16H,3H2,1-2H3/b15-10+. The van der Waals surface area contributed by atoms with E-state index in [4.69, 9.17) is 0 Å². The average molecular weight is 308 g/mol. The summed E-state index contributed by atoms with van der Waals surface area (Å²) in [7, 11) is -3.59. The highest BCUT2D eigenvalue weighted by atomic mass is 32.2. The highest BCUT2D eigenvalue weighted by molar-refractivity contribution is 7.89. The van der Waals surface area contributed by atoms with Gasteiger partial charge in [0.2, 0.25) is 0 Å². The maximum atomic E-state index is 12.0. The zero-order valence-corrected chi connectivity index (χ0v) is 13.0. The minimum absolute atomic E-state index is 0.217. The van der Waals surface area contributed by atoms with Gasteiger partial charge >= 0.3 is 0 Å². The second-order valence-electron chi connectivity index (χ2n) is 4.32. The Morgan fingerprint density at radius 1 is 1.25 bits per heavy atom. The van der Waals surface area contributed by atoms with Crippen molar-refractivity contribution in [2.45, 2.75) is 25.2 Å². The molecular formula is C14H16N2O2S2. The van der Waals surface area contributed by atoms with Crippen LogP contribution in [0.1, 0.15) is 22.9 Å². The summed E-state index contributed by atoms with van der Waals surface area (Å²) in [6.45, 7) is 3.98. The maximum absolute atomic E-state index is 12.0. The molecule has 0 amide bonds. The molecule has 0 aliphatic heterocycles. The molecule has 0 unspecified atom stereocenters. The first-order chi connectivity index (χ1) is 9.53. The van der Waals surface area contributed by atoms with Crippen molar-refractivity contribution in [1.82, 2.24) is 4.83 Å². The van der Waals surface area contributed by atoms with Gasteiger partial charge in [0.05, 0.1) is 16.0 Å². The number of hydrazone groups is 1. The Morgan fingerprint density at radius 2 is 1.95 bits per heavy atom. The number of hydrogen-bond acceptors (Lipinski definition) is 4. The zero-order valence-electron chi connectivity index (χ0n) is 11.3. The van der Waals surface area contributed by atoms with Crippen LogP contribution in [0.3, 0.4) is 0 Å². The molecule has 0 saturated carbocycles. The lowest BCUT2D eigenvalue weighted by Crippen LogP contribution is -2.18. The number of hydrogen-bond donors (Lipinski definition) is 1. The lowest BCUT2D eigenvalue weighted by Gasteiger charge is -2.04. The van der Waals surface area contributed by atoms with E-state index in [0.717, 1.165) is 22.4 Å². The molecule has 0 radical (unpaired) electrons. The van der Waals surface area contributed by atoms with Gasteiger partial charge in [-0.25, -0.2) is 4.83 Å². The molecule has 1 N–H and O–H groups in total. The van der Waals surface area contributed by atoms with Gasteiger partial charge in [-0.05, 0) is 48.1 Å². The molecule has 1 heterocycles. The van der Waals surface area contributed by atoms with Gasteiger partial charge in [0.1, 0.15) is 0 Å². The van der Waals surface area contributed by atoms with E-state index < -0.39 is 10.0 Å². The monoisotopic (exact) mass is 308 g/mol. The summed E-state index contributed by atoms with van der Waals surface area (Å²) in [6, 6.07) is 8.76. The van der Waals surface area contributed by atoms with Gasteiger partial charge in [0, 0.05) is 0 Å². The Labute approximate surface area is 123 Å². The third-order valence-corrected chi connectivity index (χ3v) is 5.09. The zero-order chi connectivity index (χ0) is 14.6. The predicted molar refractivity (Wildman–Crippen MR) is 82.8 cm³/mol. The lowest BCUT2D eigenvalue weighted by atomic mass is 10.2. The number of nitrogens with one attached hydrogen (secondary N) is 1. The van der Waals surface area contributed by atoms with Crippen LogP contribution in [-0.2, 0) is 16.4 Å². The van der Waals surface area contributed by atoms with Gasteiger partial charge in [-0.2, -0.15) is 13.5 Å². The number of rotatable bonds is 5. The van der Waals surface area contributed by atoms with Crippen molar-refractivity contribution in [2.75, 3.05) is 0 Å². The first-order valence-corrected chi connectivity index (χ1v) is 8.57. The van der Waals surface area contributed by atoms with Gasteiger partial charge in [-0.3, -0.25) is 0 Å². The molecule has 20 heavy (non-hydrogen) atoms. The molecular weight excluding hydrogens is 292 g/mol. The normalized spacial score (nSPS) is 11.9. The molecule has 0 aliphatic carbocycles. The highest BCUT2D eigenvalue weighted by Gasteiger charge is 2.12. The van der Waals surface area contributed by atoms with Crippen LogP contribution >= 0.6 is 11.3 Å². The molecule has 4 nitrogen and oxygen atoms in total. The third-order valence-electron chi connectivity index (χ3n) is 2.90. The molecule has 1 aromatic carbocycles. The molecule has 106 valence electrons. The summed E-state index contributed by atoms with van der Waals surface area (Å²) in [4.78, 5) is 3.38. The Balaban J connectivity index is 2.11. The van der Waals surface area contributed by atoms with Gasteiger partial charge < -0.3 is 0 Å². The van der Waals surface area contributed by atoms with E-state index in [0.29, 0.717) is 0 Å². The first-order valence-electron chi connectivity index (χ1n) is 6.21. The molecule has 1 aromatic heterocycles. The van der Waals surface area contributed by atoms with Crippen molar-refractivity contribution < 1.29 is 8.42 Å². The van der Waals surface area contributed by atoms with E-state index in [9.17, 15) is 8.42 Å². The van der Waals surface area contributed by atoms with Crippen LogP contribution in [0.25, 0.3) is 0 Å². The second kappa shape index (κ2) is 6.19. The van der Waals surface area contributed by atoms with E-state index in [1.165, 1.54) is 17.6 Å². The molecule has 0 spiro atoms. The number of aryl methyl sites for hydroxylation is 2. The summed E-state index contributed by atoms with van der Waals surface area (Å²) >= 11 is 1.52. The molecule has 6 heteroatoms. The SMILES string of the molecule is CCc1ccc(S(=O)(=O)N/N=C/c2sccc2C)cc1. The Morgan fingerprint density at radius 3 is 2.50 bits per heavy atom. The number of benzene rings is 1. The number of thiophene rings is 1. The minimum atomic E-state index is -3.59. The fourth-order valence-corrected chi connectivity index (χ4v) is 3.21. The van der Waals surface area contributed by atoms with E-state index >= 15 is 0 Å². The number of sulfonamides is 1. The molecule has 0 fully saturated rings. The van der Waals surface area contributed by atoms with Crippen molar-refractivity contribution in [3.05, 3.63) is 51.7 Å². The molecule has 0 saturated heterocycles. The Kier molecular flexibility index (Phi) is 4.57. The second-order valence-corrected chi connectivity index (χ2v) is 6.93. The van der Waals surface area contributed by atoms with Crippen molar-refractivity contribution >= 4 is 27.6 Å². The van der Waals surface area contributed by atoms with Gasteiger partial charge in [-0.15, -0.1) is 11.3 Å². The van der Waals surface area contributed by atoms with Crippen molar-refractivity contribution in [3.8, 4) is 0 Å². The first kappa shape index (κ1) is 14.7. The van der Waals surface area contributed by atoms with Crippen LogP contribution in [0, 0.1) is 6.92 Å². The van der Waals surface area contributed by atoms with Gasteiger partial charge in [-0.1, -0.05) is 19.1 Å². The minimum Gasteiger partial charge on any atom is -0.200 e. The Hall–Kier alpha value is -1.66. The van der Waals surface area contributed by atoms with Crippen LogP contribution < -0.4 is 4.83 Å². The van der Waals surface area contributed by atoms with Crippen LogP contribution in [-0.4, -0.2) is 14.6 Å². The van der Waals surface area contributed by atoms with E-state index in [1.54, 1.807) is 12.1 Å². The fraction of sp³-hybridized carbons (Fsp3) is 0.214. The van der Waals surface area contributed by atoms with Crippen molar-refractivity contribution in [3.63, 3.8) is 0 Å². The van der Waals surface area contributed by atoms with E-state index in [-0.39, 0.29) is 4.90 Å². The summed E-state index contributed by atoms with van der Waals surface area (Å²) in [5.41, 5.74) is 2.17. The van der Waals surface area contributed by atoms with Crippen LogP contribution in [0.4, 0.5) is 0 Å². The van der Waals surface area contributed by atoms with Crippen LogP contribution in [0.15, 0.2) is 45.7 Å². The largest absolute Gasteiger partial charge is 0.276 e. The van der Waals surface area contributed by atoms with Crippen LogP contribution in [0.2, 0.25) is 0 Å². The Bertz CT molecular complexity index is 701. The predicted octanol–water partition coefficient (Wildman–Crippen LogP) is 2.93. The third kappa shape index (κ3) is 3.46. The number of nitrogens with zero attached hydrogens (tertiary/aromatic N) is 1. The van der Waals surface area contributed by atoms with Crippen molar-refractivity contribution in [2.24, 2.45) is 5.10 Å². The average Bonchev–Trinajstić information content (AvgIpc) is 2.84. The highest BCUT2D eigenvalue weighted by Crippen LogP contribution is 2.13. The smallest absolute Gasteiger partial charge is 0.200 e. The van der Waals surface area contributed by atoms with Gasteiger partial charge in [0.25, 0.3) is 10.0 Å². The molecule has 0 bridgehead atoms. The fourth-order valence-electron chi connectivity index (χ4n) is 1.63. The van der Waals surface area contributed by atoms with E-state index in [1.807, 2.05) is 37.4 Å². The quantitative estimate of drug-likeness (QED) is 0.682. The lowest BCUT2D eigenvalue weighted by molar-refractivity contribution is 0.584. The van der Waals surface area contributed by atoms with Crippen LogP contribution in [0.5, 0.6) is 0 Å². The summed E-state index contributed by atoms with van der Waals surface area (Å²) in [5, 5.41) is 5.75. The summed E-state index contributed by atoms with van der Waals surface area (Å²) in [5.74, 6) is 0. The molecule has 0 aliphatic rings. The van der Waals surface area contributed by atoms with E-state index in [2.05, 4.69) is 9.93 Å². The topological polar surface area (TPSA) is 58.5 Å². The molecule has 2 aromatic rings. The summed E-state index contributed by atoms with van der Waals surface area (Å²) < 4.78 is 24.0. The molecule has 0 atom stereocenters.